The van der Waals surface area contributed by atoms with Crippen LogP contribution in [-0.4, -0.2) is 53.8 Å². The van der Waals surface area contributed by atoms with Gasteiger partial charge in [0.2, 0.25) is 0 Å². The molecule has 6 heteroatoms. The van der Waals surface area contributed by atoms with E-state index in [1.54, 1.807) is 0 Å². The molecule has 2 amide bonds. The maximum absolute atomic E-state index is 12.2. The number of carbonyl (C=O) groups excluding carboxylic acids is 1. The highest BCUT2D eigenvalue weighted by Gasteiger charge is 2.49. The number of nitrogens with zero attached hydrogens (tertiary/aromatic N) is 1. The van der Waals surface area contributed by atoms with Crippen LogP contribution in [0.1, 0.15) is 52.4 Å². The average molecular weight is 300 g/mol. The summed E-state index contributed by atoms with van der Waals surface area (Å²) < 4.78 is 5.35. The SMILES string of the molecule is CCCOCCCNC(=O)N1CCCC1(CCC)C(=O)O. The number of hydrogen-bond donors (Lipinski definition) is 2. The molecule has 0 saturated carbocycles. The lowest BCUT2D eigenvalue weighted by Crippen LogP contribution is -2.56. The summed E-state index contributed by atoms with van der Waals surface area (Å²) >= 11 is 0. The van der Waals surface area contributed by atoms with Gasteiger partial charge in [0.25, 0.3) is 0 Å². The predicted molar refractivity (Wildman–Crippen MR) is 80.3 cm³/mol. The first kappa shape index (κ1) is 17.8. The van der Waals surface area contributed by atoms with Crippen LogP contribution in [0.3, 0.4) is 0 Å². The van der Waals surface area contributed by atoms with Crippen molar-refractivity contribution in [2.75, 3.05) is 26.3 Å². The number of carboxylic acids is 1. The number of aliphatic carboxylic acids is 1. The van der Waals surface area contributed by atoms with Gasteiger partial charge in [-0.3, -0.25) is 0 Å². The van der Waals surface area contributed by atoms with Crippen molar-refractivity contribution in [2.24, 2.45) is 0 Å². The molecule has 0 spiro atoms. The molecule has 1 fully saturated rings. The number of nitrogens with one attached hydrogen (secondary N) is 1. The van der Waals surface area contributed by atoms with Gasteiger partial charge in [-0.05, 0) is 32.1 Å². The van der Waals surface area contributed by atoms with Crippen LogP contribution in [0.4, 0.5) is 4.79 Å². The Morgan fingerprint density at radius 2 is 2.05 bits per heavy atom. The second-order valence-corrected chi connectivity index (χ2v) is 5.54. The zero-order chi connectivity index (χ0) is 15.7. The fraction of sp³-hybridized carbons (Fsp3) is 0.867. The highest BCUT2D eigenvalue weighted by Crippen LogP contribution is 2.33. The number of rotatable bonds is 9. The lowest BCUT2D eigenvalue weighted by atomic mass is 9.91. The summed E-state index contributed by atoms with van der Waals surface area (Å²) in [7, 11) is 0. The third-order valence-electron chi connectivity index (χ3n) is 3.89. The van der Waals surface area contributed by atoms with Crippen LogP contribution in [0.2, 0.25) is 0 Å². The second kappa shape index (κ2) is 8.87. The average Bonchev–Trinajstić information content (AvgIpc) is 2.88. The van der Waals surface area contributed by atoms with E-state index >= 15 is 0 Å². The van der Waals surface area contributed by atoms with Gasteiger partial charge in [0.05, 0.1) is 0 Å². The monoisotopic (exact) mass is 300 g/mol. The zero-order valence-electron chi connectivity index (χ0n) is 13.2. The van der Waals surface area contributed by atoms with Crippen molar-refractivity contribution in [3.63, 3.8) is 0 Å². The molecule has 1 saturated heterocycles. The minimum atomic E-state index is -1.02. The smallest absolute Gasteiger partial charge is 0.329 e. The molecule has 0 aromatic rings. The number of amides is 2. The van der Waals surface area contributed by atoms with Gasteiger partial charge in [0.15, 0.2) is 0 Å². The van der Waals surface area contributed by atoms with Crippen LogP contribution in [0.15, 0.2) is 0 Å². The Hall–Kier alpha value is -1.30. The van der Waals surface area contributed by atoms with Crippen LogP contribution < -0.4 is 5.32 Å². The van der Waals surface area contributed by atoms with Crippen molar-refractivity contribution >= 4 is 12.0 Å². The Bertz CT molecular complexity index is 349. The third kappa shape index (κ3) is 4.59. The first-order valence-corrected chi connectivity index (χ1v) is 7.95. The van der Waals surface area contributed by atoms with E-state index in [-0.39, 0.29) is 6.03 Å². The van der Waals surface area contributed by atoms with Gasteiger partial charge >= 0.3 is 12.0 Å². The lowest BCUT2D eigenvalue weighted by molar-refractivity contribution is -0.148. The fourth-order valence-corrected chi connectivity index (χ4v) is 2.89. The summed E-state index contributed by atoms with van der Waals surface area (Å²) in [4.78, 5) is 25.4. The van der Waals surface area contributed by atoms with E-state index in [2.05, 4.69) is 5.32 Å². The second-order valence-electron chi connectivity index (χ2n) is 5.54. The fourth-order valence-electron chi connectivity index (χ4n) is 2.89. The van der Waals surface area contributed by atoms with Gasteiger partial charge in [-0.2, -0.15) is 0 Å². The minimum Gasteiger partial charge on any atom is -0.479 e. The van der Waals surface area contributed by atoms with Gasteiger partial charge in [0.1, 0.15) is 5.54 Å². The molecule has 2 N–H and O–H groups in total. The maximum Gasteiger partial charge on any atom is 0.329 e. The predicted octanol–water partition coefficient (Wildman–Crippen LogP) is 2.23. The molecular weight excluding hydrogens is 272 g/mol. The van der Waals surface area contributed by atoms with Gasteiger partial charge in [-0.15, -0.1) is 0 Å². The first-order chi connectivity index (χ1) is 10.1. The molecule has 1 aliphatic rings. The number of carbonyl (C=O) groups is 2. The van der Waals surface area contributed by atoms with Crippen molar-refractivity contribution in [2.45, 2.75) is 57.9 Å². The molecule has 122 valence electrons. The molecule has 21 heavy (non-hydrogen) atoms. The van der Waals surface area contributed by atoms with Crippen molar-refractivity contribution in [1.82, 2.24) is 10.2 Å². The summed E-state index contributed by atoms with van der Waals surface area (Å²) in [6, 6.07) is -0.265. The maximum atomic E-state index is 12.2. The van der Waals surface area contributed by atoms with Gasteiger partial charge < -0.3 is 20.1 Å². The van der Waals surface area contributed by atoms with E-state index in [0.29, 0.717) is 32.5 Å². The molecule has 1 atom stereocenters. The van der Waals surface area contributed by atoms with Crippen molar-refractivity contribution in [3.05, 3.63) is 0 Å². The number of hydrogen-bond acceptors (Lipinski definition) is 3. The normalized spacial score (nSPS) is 21.5. The summed E-state index contributed by atoms with van der Waals surface area (Å²) in [5, 5.41) is 12.4. The molecule has 0 aliphatic carbocycles. The summed E-state index contributed by atoms with van der Waals surface area (Å²) in [6.45, 7) is 6.38. The van der Waals surface area contributed by atoms with Gasteiger partial charge in [0, 0.05) is 26.3 Å². The quantitative estimate of drug-likeness (QED) is 0.640. The standard InChI is InChI=1S/C15H28N2O4/c1-3-7-15(13(18)19)8-5-10-17(15)14(20)16-9-6-12-21-11-4-2/h3-12H2,1-2H3,(H,16,20)(H,18,19). The largest absolute Gasteiger partial charge is 0.479 e. The first-order valence-electron chi connectivity index (χ1n) is 7.95. The number of ether oxygens (including phenoxy) is 1. The summed E-state index contributed by atoms with van der Waals surface area (Å²) in [6.07, 6.45) is 4.28. The number of carboxylic acid groups (broad SMARTS) is 1. The molecule has 0 aromatic carbocycles. The van der Waals surface area contributed by atoms with Crippen LogP contribution in [-0.2, 0) is 9.53 Å². The Kier molecular flexibility index (Phi) is 7.50. The van der Waals surface area contributed by atoms with E-state index in [9.17, 15) is 14.7 Å². The number of urea groups is 1. The van der Waals surface area contributed by atoms with Crippen molar-refractivity contribution in [3.8, 4) is 0 Å². The van der Waals surface area contributed by atoms with Crippen LogP contribution in [0, 0.1) is 0 Å². The Morgan fingerprint density at radius 3 is 2.67 bits per heavy atom. The Balaban J connectivity index is 2.46. The molecule has 0 radical (unpaired) electrons. The van der Waals surface area contributed by atoms with E-state index in [4.69, 9.17) is 4.74 Å². The van der Waals surface area contributed by atoms with Crippen LogP contribution in [0.5, 0.6) is 0 Å². The molecule has 1 unspecified atom stereocenters. The molecule has 0 bridgehead atoms. The van der Waals surface area contributed by atoms with E-state index in [1.807, 2.05) is 13.8 Å². The molecule has 6 nitrogen and oxygen atoms in total. The molecular formula is C15H28N2O4. The lowest BCUT2D eigenvalue weighted by Gasteiger charge is -2.34. The van der Waals surface area contributed by atoms with E-state index in [1.165, 1.54) is 4.90 Å². The van der Waals surface area contributed by atoms with Crippen molar-refractivity contribution in [1.29, 1.82) is 0 Å². The van der Waals surface area contributed by atoms with Crippen LogP contribution in [0.25, 0.3) is 0 Å². The van der Waals surface area contributed by atoms with E-state index < -0.39 is 11.5 Å². The molecule has 1 aliphatic heterocycles. The molecule has 1 heterocycles. The van der Waals surface area contributed by atoms with Crippen LogP contribution >= 0.6 is 0 Å². The minimum absolute atomic E-state index is 0.265. The summed E-state index contributed by atoms with van der Waals surface area (Å²) in [5.41, 5.74) is -1.02. The number of likely N-dealkylation sites (tertiary alicyclic amines) is 1. The Morgan fingerprint density at radius 1 is 1.29 bits per heavy atom. The van der Waals surface area contributed by atoms with Crippen molar-refractivity contribution < 1.29 is 19.4 Å². The molecule has 0 aromatic heterocycles. The zero-order valence-corrected chi connectivity index (χ0v) is 13.2. The van der Waals surface area contributed by atoms with Gasteiger partial charge in [-0.25, -0.2) is 9.59 Å². The van der Waals surface area contributed by atoms with Gasteiger partial charge in [-0.1, -0.05) is 20.3 Å². The highest BCUT2D eigenvalue weighted by molar-refractivity contribution is 5.87. The Labute approximate surface area is 126 Å². The molecule has 1 rings (SSSR count). The highest BCUT2D eigenvalue weighted by atomic mass is 16.5. The summed E-state index contributed by atoms with van der Waals surface area (Å²) in [5.74, 6) is -0.886. The van der Waals surface area contributed by atoms with E-state index in [0.717, 1.165) is 32.3 Å². The topological polar surface area (TPSA) is 78.9 Å². The third-order valence-corrected chi connectivity index (χ3v) is 3.89.